The molecule has 3 aliphatic carbocycles. The van der Waals surface area contributed by atoms with Gasteiger partial charge in [0.2, 0.25) is 0 Å². The van der Waals surface area contributed by atoms with Crippen LogP contribution in [0.2, 0.25) is 0 Å². The Hall–Kier alpha value is -2.62. The second-order valence-corrected chi connectivity index (χ2v) is 9.81. The fourth-order valence-corrected chi connectivity index (χ4v) is 5.30. The predicted molar refractivity (Wildman–Crippen MR) is 138 cm³/mol. The summed E-state index contributed by atoms with van der Waals surface area (Å²) in [6, 6.07) is 0. The molecule has 0 heterocycles. The van der Waals surface area contributed by atoms with Gasteiger partial charge in [0.05, 0.1) is 0 Å². The maximum atomic E-state index is 15.4. The molecule has 1 saturated carbocycles. The topological polar surface area (TPSA) is 0 Å². The summed E-state index contributed by atoms with van der Waals surface area (Å²) in [7, 11) is 0. The van der Waals surface area contributed by atoms with Crippen molar-refractivity contribution < 1.29 is 17.6 Å². The van der Waals surface area contributed by atoms with Gasteiger partial charge in [0.1, 0.15) is 0 Å². The molecule has 0 N–H and O–H groups in total. The Morgan fingerprint density at radius 1 is 0.800 bits per heavy atom. The molecule has 0 aromatic carbocycles. The predicted octanol–water partition coefficient (Wildman–Crippen LogP) is 10.3. The van der Waals surface area contributed by atoms with Crippen LogP contribution in [-0.4, -0.2) is 0 Å². The van der Waals surface area contributed by atoms with Gasteiger partial charge in [-0.25, -0.2) is 17.6 Å². The van der Waals surface area contributed by atoms with E-state index < -0.39 is 34.5 Å². The zero-order valence-electron chi connectivity index (χ0n) is 20.5. The minimum absolute atomic E-state index is 0.130. The smallest absolute Gasteiger partial charge is 0.166 e. The minimum Gasteiger partial charge on any atom is -0.203 e. The normalized spacial score (nSPS) is 30.6. The zero-order chi connectivity index (χ0) is 25.5. The van der Waals surface area contributed by atoms with Crippen LogP contribution in [-0.2, 0) is 0 Å². The number of hydrogen-bond acceptors (Lipinski definition) is 0. The summed E-state index contributed by atoms with van der Waals surface area (Å²) in [6.07, 6.45) is 16.5. The third-order valence-corrected chi connectivity index (χ3v) is 7.63. The Labute approximate surface area is 207 Å². The van der Waals surface area contributed by atoms with Crippen molar-refractivity contribution in [2.75, 3.05) is 0 Å². The van der Waals surface area contributed by atoms with Gasteiger partial charge in [-0.05, 0) is 93.1 Å². The maximum absolute atomic E-state index is 15.4. The van der Waals surface area contributed by atoms with Crippen LogP contribution < -0.4 is 0 Å². The van der Waals surface area contributed by atoms with Crippen molar-refractivity contribution >= 4 is 0 Å². The summed E-state index contributed by atoms with van der Waals surface area (Å²) < 4.78 is 61.0. The van der Waals surface area contributed by atoms with Crippen molar-refractivity contribution in [1.82, 2.24) is 0 Å². The van der Waals surface area contributed by atoms with E-state index >= 15 is 17.6 Å². The van der Waals surface area contributed by atoms with Crippen molar-refractivity contribution in [2.24, 2.45) is 17.8 Å². The van der Waals surface area contributed by atoms with Gasteiger partial charge in [0.25, 0.3) is 0 Å². The molecule has 1 fully saturated rings. The molecule has 0 radical (unpaired) electrons. The summed E-state index contributed by atoms with van der Waals surface area (Å²) in [5, 5.41) is 0. The fraction of sp³-hybridized carbons (Fsp3) is 0.419. The maximum Gasteiger partial charge on any atom is 0.166 e. The van der Waals surface area contributed by atoms with Crippen LogP contribution in [0.4, 0.5) is 17.6 Å². The molecule has 0 nitrogen and oxygen atoms in total. The van der Waals surface area contributed by atoms with Crippen molar-refractivity contribution in [3.05, 3.63) is 108 Å². The highest BCUT2D eigenvalue weighted by Crippen LogP contribution is 2.43. The van der Waals surface area contributed by atoms with Crippen LogP contribution >= 0.6 is 0 Å². The van der Waals surface area contributed by atoms with E-state index in [2.05, 4.69) is 26.3 Å². The molecule has 35 heavy (non-hydrogen) atoms. The lowest BCUT2D eigenvalue weighted by Crippen LogP contribution is -2.17. The van der Waals surface area contributed by atoms with Gasteiger partial charge in [-0.3, -0.25) is 0 Å². The molecule has 0 aliphatic heterocycles. The summed E-state index contributed by atoms with van der Waals surface area (Å²) in [5.41, 5.74) is -0.0474. The van der Waals surface area contributed by atoms with Crippen LogP contribution in [0.1, 0.15) is 64.2 Å². The minimum atomic E-state index is -1.30. The molecule has 0 aromatic heterocycles. The number of allylic oxidation sites excluding steroid dienone is 14. The summed E-state index contributed by atoms with van der Waals surface area (Å²) >= 11 is 0. The first-order chi connectivity index (χ1) is 16.8. The first-order valence-electron chi connectivity index (χ1n) is 12.6. The Morgan fingerprint density at radius 2 is 1.46 bits per heavy atom. The lowest BCUT2D eigenvalue weighted by molar-refractivity contribution is 0.286. The molecule has 1 unspecified atom stereocenters. The Kier molecular flexibility index (Phi) is 9.54. The molecule has 3 rings (SSSR count). The molecule has 4 heteroatoms. The lowest BCUT2D eigenvalue weighted by atomic mass is 9.76. The molecule has 0 amide bonds. The highest BCUT2D eigenvalue weighted by Gasteiger charge is 2.30. The van der Waals surface area contributed by atoms with E-state index in [1.54, 1.807) is 12.2 Å². The van der Waals surface area contributed by atoms with Gasteiger partial charge in [-0.15, -0.1) is 13.2 Å². The first kappa shape index (κ1) is 27.0. The van der Waals surface area contributed by atoms with Crippen molar-refractivity contribution in [3.8, 4) is 0 Å². The summed E-state index contributed by atoms with van der Waals surface area (Å²) in [6.45, 7) is 14.6. The zero-order valence-corrected chi connectivity index (χ0v) is 20.5. The van der Waals surface area contributed by atoms with Crippen molar-refractivity contribution in [2.45, 2.75) is 64.2 Å². The molecule has 1 atom stereocenters. The molecule has 3 aliphatic rings. The molecular formula is C31H36F4. The second kappa shape index (κ2) is 12.4. The SMILES string of the molecule is C=CCCC1CCC(C2=CC/C=C(C3=CCC(C=C)CC3)\C(F)=C(\F)C(=C)C(=C)C(F)=C2F)CC1. The van der Waals surface area contributed by atoms with Gasteiger partial charge in [0.15, 0.2) is 23.3 Å². The summed E-state index contributed by atoms with van der Waals surface area (Å²) in [4.78, 5) is 0. The average Bonchev–Trinajstić information content (AvgIpc) is 2.90. The van der Waals surface area contributed by atoms with Gasteiger partial charge in [-0.2, -0.15) is 0 Å². The Morgan fingerprint density at radius 3 is 2.03 bits per heavy atom. The quantitative estimate of drug-likeness (QED) is 0.260. The van der Waals surface area contributed by atoms with E-state index in [0.29, 0.717) is 30.3 Å². The fourth-order valence-electron chi connectivity index (χ4n) is 5.30. The third kappa shape index (κ3) is 6.34. The van der Waals surface area contributed by atoms with E-state index in [9.17, 15) is 0 Å². The molecular weight excluding hydrogens is 448 g/mol. The standard InChI is InChI=1S/C31H36F4/c1-5-7-9-23-14-18-25(19-15-23)27-11-8-10-26(24-16-12-22(6-2)13-17-24)30(34)28(32)20(3)21(4)29(33)31(27)35/h5-6,10-11,16,22-23,25H,1-4,7-9,12-15,17-19H2/b26-10-,27-11?,30-28-,31-29?. The average molecular weight is 485 g/mol. The second-order valence-electron chi connectivity index (χ2n) is 9.81. The van der Waals surface area contributed by atoms with Crippen LogP contribution in [0.15, 0.2) is 108 Å². The van der Waals surface area contributed by atoms with E-state index in [1.165, 1.54) is 0 Å². The first-order valence-corrected chi connectivity index (χ1v) is 12.6. The largest absolute Gasteiger partial charge is 0.203 e. The van der Waals surface area contributed by atoms with Gasteiger partial charge < -0.3 is 0 Å². The Balaban J connectivity index is 1.97. The van der Waals surface area contributed by atoms with Crippen molar-refractivity contribution in [1.29, 1.82) is 0 Å². The van der Waals surface area contributed by atoms with Gasteiger partial charge in [0, 0.05) is 16.7 Å². The van der Waals surface area contributed by atoms with Crippen LogP contribution in [0, 0.1) is 17.8 Å². The van der Waals surface area contributed by atoms with Crippen LogP contribution in [0.25, 0.3) is 0 Å². The molecule has 188 valence electrons. The summed E-state index contributed by atoms with van der Waals surface area (Å²) in [5.74, 6) is -4.02. The number of hydrogen-bond donors (Lipinski definition) is 0. The molecule has 0 bridgehead atoms. The highest BCUT2D eigenvalue weighted by molar-refractivity contribution is 5.57. The van der Waals surface area contributed by atoms with E-state index in [1.807, 2.05) is 18.2 Å². The van der Waals surface area contributed by atoms with Gasteiger partial charge >= 0.3 is 0 Å². The van der Waals surface area contributed by atoms with Crippen LogP contribution in [0.5, 0.6) is 0 Å². The number of halogens is 4. The lowest BCUT2D eigenvalue weighted by Gasteiger charge is -2.30. The number of rotatable bonds is 6. The molecule has 0 aromatic rings. The molecule has 0 saturated heterocycles. The highest BCUT2D eigenvalue weighted by atomic mass is 19.2. The van der Waals surface area contributed by atoms with Crippen LogP contribution in [0.3, 0.4) is 0 Å². The van der Waals surface area contributed by atoms with E-state index in [0.717, 1.165) is 44.9 Å². The van der Waals surface area contributed by atoms with Gasteiger partial charge in [-0.1, -0.05) is 43.5 Å². The Bertz CT molecular complexity index is 1020. The third-order valence-electron chi connectivity index (χ3n) is 7.63. The van der Waals surface area contributed by atoms with E-state index in [-0.39, 0.29) is 23.5 Å². The molecule has 0 spiro atoms. The monoisotopic (exact) mass is 484 g/mol. The van der Waals surface area contributed by atoms with E-state index in [4.69, 9.17) is 0 Å². The van der Waals surface area contributed by atoms with Crippen molar-refractivity contribution in [3.63, 3.8) is 0 Å².